The summed E-state index contributed by atoms with van der Waals surface area (Å²) in [6.45, 7) is 1.59. The fraction of sp³-hybridized carbons (Fsp3) is 0.333. The normalized spacial score (nSPS) is 15.3. The Hall–Kier alpha value is -2.95. The van der Waals surface area contributed by atoms with Gasteiger partial charge in [0.2, 0.25) is 15.9 Å². The molecule has 3 rings (SSSR count). The Morgan fingerprint density at radius 3 is 2.42 bits per heavy atom. The molecule has 1 aliphatic rings. The molecule has 1 saturated heterocycles. The van der Waals surface area contributed by atoms with E-state index >= 15 is 0 Å². The number of hydrogen-bond acceptors (Lipinski definition) is 6. The van der Waals surface area contributed by atoms with Crippen molar-refractivity contribution in [3.63, 3.8) is 0 Å². The molecule has 2 aromatic rings. The summed E-state index contributed by atoms with van der Waals surface area (Å²) >= 11 is 0. The van der Waals surface area contributed by atoms with Gasteiger partial charge < -0.3 is 15.4 Å². The third-order valence-corrected chi connectivity index (χ3v) is 6.00. The highest BCUT2D eigenvalue weighted by Gasteiger charge is 2.24. The van der Waals surface area contributed by atoms with Crippen molar-refractivity contribution >= 4 is 27.5 Å². The van der Waals surface area contributed by atoms with Crippen LogP contribution in [0.25, 0.3) is 0 Å². The predicted octanol–water partition coefficient (Wildman–Crippen LogP) is 1.18. The Bertz CT molecular complexity index is 1030. The number of likely N-dealkylation sites (tertiary alicyclic amines) is 1. The monoisotopic (exact) mass is 446 g/mol. The van der Waals surface area contributed by atoms with Crippen molar-refractivity contribution in [2.24, 2.45) is 5.14 Å². The van der Waals surface area contributed by atoms with Crippen molar-refractivity contribution < 1.29 is 22.7 Å². The molecule has 0 radical (unpaired) electrons. The van der Waals surface area contributed by atoms with E-state index in [1.807, 2.05) is 35.2 Å². The SMILES string of the molecule is COc1ccc(S(N)(=O)=O)cc1C(=O)NC1CCN(CC(=O)Nc2ccccc2)CC1. The number of benzene rings is 2. The third kappa shape index (κ3) is 6.27. The van der Waals surface area contributed by atoms with Crippen LogP contribution in [0.15, 0.2) is 53.4 Å². The predicted molar refractivity (Wildman–Crippen MR) is 116 cm³/mol. The molecule has 1 aliphatic heterocycles. The zero-order valence-electron chi connectivity index (χ0n) is 17.2. The number of piperidine rings is 1. The number of para-hydroxylation sites is 1. The van der Waals surface area contributed by atoms with Crippen LogP contribution in [0.3, 0.4) is 0 Å². The minimum Gasteiger partial charge on any atom is -0.496 e. The van der Waals surface area contributed by atoms with Crippen LogP contribution in [0.2, 0.25) is 0 Å². The standard InChI is InChI=1S/C21H26N4O5S/c1-30-19-8-7-17(31(22,28)29)13-18(19)21(27)24-16-9-11-25(12-10-16)14-20(26)23-15-5-3-2-4-6-15/h2-8,13,16H,9-12,14H2,1H3,(H,23,26)(H,24,27)(H2,22,28,29). The molecular weight excluding hydrogens is 420 g/mol. The lowest BCUT2D eigenvalue weighted by atomic mass is 10.0. The zero-order chi connectivity index (χ0) is 22.4. The summed E-state index contributed by atoms with van der Waals surface area (Å²) in [4.78, 5) is 26.8. The van der Waals surface area contributed by atoms with E-state index in [2.05, 4.69) is 10.6 Å². The quantitative estimate of drug-likeness (QED) is 0.585. The minimum atomic E-state index is -3.94. The molecule has 2 amide bonds. The molecule has 0 spiro atoms. The lowest BCUT2D eigenvalue weighted by Gasteiger charge is -2.32. The Morgan fingerprint density at radius 2 is 1.81 bits per heavy atom. The Labute approximate surface area is 181 Å². The van der Waals surface area contributed by atoms with E-state index in [-0.39, 0.29) is 34.7 Å². The highest BCUT2D eigenvalue weighted by molar-refractivity contribution is 7.89. The number of carbonyl (C=O) groups excluding carboxylic acids is 2. The molecule has 10 heteroatoms. The van der Waals surface area contributed by atoms with E-state index in [9.17, 15) is 18.0 Å². The second-order valence-corrected chi connectivity index (χ2v) is 8.91. The summed E-state index contributed by atoms with van der Waals surface area (Å²) in [7, 11) is -2.53. The molecule has 1 fully saturated rings. The van der Waals surface area contributed by atoms with Crippen LogP contribution < -0.4 is 20.5 Å². The first-order chi connectivity index (χ1) is 14.8. The number of rotatable bonds is 7. The highest BCUT2D eigenvalue weighted by atomic mass is 32.2. The molecule has 0 unspecified atom stereocenters. The van der Waals surface area contributed by atoms with Gasteiger partial charge >= 0.3 is 0 Å². The zero-order valence-corrected chi connectivity index (χ0v) is 18.0. The number of nitrogens with one attached hydrogen (secondary N) is 2. The van der Waals surface area contributed by atoms with Crippen LogP contribution in [-0.2, 0) is 14.8 Å². The number of carbonyl (C=O) groups is 2. The highest BCUT2D eigenvalue weighted by Crippen LogP contribution is 2.22. The van der Waals surface area contributed by atoms with Crippen LogP contribution >= 0.6 is 0 Å². The number of primary sulfonamides is 1. The van der Waals surface area contributed by atoms with E-state index in [4.69, 9.17) is 9.88 Å². The number of amides is 2. The average Bonchev–Trinajstić information content (AvgIpc) is 2.74. The topological polar surface area (TPSA) is 131 Å². The second kappa shape index (κ2) is 9.90. The minimum absolute atomic E-state index is 0.0850. The van der Waals surface area contributed by atoms with Gasteiger partial charge in [-0.2, -0.15) is 0 Å². The van der Waals surface area contributed by atoms with Crippen molar-refractivity contribution in [2.45, 2.75) is 23.8 Å². The number of anilines is 1. The molecular formula is C21H26N4O5S. The fourth-order valence-electron chi connectivity index (χ4n) is 3.47. The molecule has 0 atom stereocenters. The van der Waals surface area contributed by atoms with Crippen molar-refractivity contribution in [3.8, 4) is 5.75 Å². The average molecular weight is 447 g/mol. The van der Waals surface area contributed by atoms with Crippen molar-refractivity contribution in [1.82, 2.24) is 10.2 Å². The largest absolute Gasteiger partial charge is 0.496 e. The molecule has 9 nitrogen and oxygen atoms in total. The summed E-state index contributed by atoms with van der Waals surface area (Å²) in [5, 5.41) is 10.9. The summed E-state index contributed by atoms with van der Waals surface area (Å²) in [6, 6.07) is 13.1. The number of nitrogens with two attached hydrogens (primary N) is 1. The van der Waals surface area contributed by atoms with Crippen LogP contribution in [-0.4, -0.2) is 57.9 Å². The first-order valence-corrected chi connectivity index (χ1v) is 11.4. The number of hydrogen-bond donors (Lipinski definition) is 3. The maximum atomic E-state index is 12.7. The van der Waals surface area contributed by atoms with Gasteiger partial charge in [0.1, 0.15) is 5.75 Å². The van der Waals surface area contributed by atoms with Gasteiger partial charge in [0.25, 0.3) is 5.91 Å². The molecule has 31 heavy (non-hydrogen) atoms. The fourth-order valence-corrected chi connectivity index (χ4v) is 4.01. The first-order valence-electron chi connectivity index (χ1n) is 9.85. The lowest BCUT2D eigenvalue weighted by Crippen LogP contribution is -2.46. The third-order valence-electron chi connectivity index (χ3n) is 5.09. The molecule has 0 bridgehead atoms. The molecule has 0 saturated carbocycles. The molecule has 2 aromatic carbocycles. The van der Waals surface area contributed by atoms with Gasteiger partial charge in [0, 0.05) is 24.8 Å². The van der Waals surface area contributed by atoms with E-state index in [1.165, 1.54) is 25.3 Å². The Kier molecular flexibility index (Phi) is 7.26. The molecule has 4 N–H and O–H groups in total. The van der Waals surface area contributed by atoms with Gasteiger partial charge in [-0.1, -0.05) is 18.2 Å². The van der Waals surface area contributed by atoms with E-state index in [0.717, 1.165) is 5.69 Å². The lowest BCUT2D eigenvalue weighted by molar-refractivity contribution is -0.117. The van der Waals surface area contributed by atoms with Gasteiger partial charge in [-0.25, -0.2) is 13.6 Å². The number of methoxy groups -OCH3 is 1. The van der Waals surface area contributed by atoms with Gasteiger partial charge in [-0.3, -0.25) is 14.5 Å². The number of ether oxygens (including phenoxy) is 1. The first kappa shape index (κ1) is 22.7. The van der Waals surface area contributed by atoms with Crippen molar-refractivity contribution in [1.29, 1.82) is 0 Å². The van der Waals surface area contributed by atoms with Crippen molar-refractivity contribution in [3.05, 3.63) is 54.1 Å². The van der Waals surface area contributed by atoms with Crippen LogP contribution in [0, 0.1) is 0 Å². The van der Waals surface area contributed by atoms with Crippen LogP contribution in [0.5, 0.6) is 5.75 Å². The van der Waals surface area contributed by atoms with Crippen LogP contribution in [0.1, 0.15) is 23.2 Å². The van der Waals surface area contributed by atoms with Gasteiger partial charge in [-0.15, -0.1) is 0 Å². The van der Waals surface area contributed by atoms with Crippen molar-refractivity contribution in [2.75, 3.05) is 32.1 Å². The Morgan fingerprint density at radius 1 is 1.13 bits per heavy atom. The molecule has 0 aromatic heterocycles. The molecule has 0 aliphatic carbocycles. The number of sulfonamides is 1. The molecule has 166 valence electrons. The van der Waals surface area contributed by atoms with Gasteiger partial charge in [-0.05, 0) is 43.2 Å². The van der Waals surface area contributed by atoms with E-state index in [0.29, 0.717) is 25.9 Å². The second-order valence-electron chi connectivity index (χ2n) is 7.35. The van der Waals surface area contributed by atoms with E-state index in [1.54, 1.807) is 0 Å². The van der Waals surface area contributed by atoms with Gasteiger partial charge in [0.05, 0.1) is 24.1 Å². The maximum Gasteiger partial charge on any atom is 0.255 e. The Balaban J connectivity index is 1.54. The summed E-state index contributed by atoms with van der Waals surface area (Å²) < 4.78 is 28.4. The smallest absolute Gasteiger partial charge is 0.255 e. The summed E-state index contributed by atoms with van der Waals surface area (Å²) in [5.41, 5.74) is 0.865. The summed E-state index contributed by atoms with van der Waals surface area (Å²) in [6.07, 6.45) is 1.34. The molecule has 1 heterocycles. The summed E-state index contributed by atoms with van der Waals surface area (Å²) in [5.74, 6) is -0.249. The number of nitrogens with zero attached hydrogens (tertiary/aromatic N) is 1. The van der Waals surface area contributed by atoms with Crippen LogP contribution in [0.4, 0.5) is 5.69 Å². The maximum absolute atomic E-state index is 12.7. The van der Waals surface area contributed by atoms with Gasteiger partial charge in [0.15, 0.2) is 0 Å². The van der Waals surface area contributed by atoms with E-state index < -0.39 is 15.9 Å².